The van der Waals surface area contributed by atoms with Gasteiger partial charge in [-0.3, -0.25) is 4.79 Å². The molecule has 0 atom stereocenters. The first-order chi connectivity index (χ1) is 8.15. The van der Waals surface area contributed by atoms with Gasteiger partial charge in [0.2, 0.25) is 0 Å². The number of nitrogens with one attached hydrogen (secondary N) is 1. The molecular weight excluding hydrogens is 248 g/mol. The van der Waals surface area contributed by atoms with Gasteiger partial charge in [-0.05, 0) is 43.3 Å². The first kappa shape index (κ1) is 14.1. The molecule has 1 amide bonds. The van der Waals surface area contributed by atoms with Crippen molar-refractivity contribution in [2.24, 2.45) is 0 Å². The molecule has 0 heterocycles. The molecule has 3 N–H and O–H groups in total. The van der Waals surface area contributed by atoms with Gasteiger partial charge in [0.25, 0.3) is 5.91 Å². The van der Waals surface area contributed by atoms with Gasteiger partial charge in [0.15, 0.2) is 0 Å². The number of nitrogens with two attached hydrogens (primary N) is 1. The molecule has 0 spiro atoms. The Morgan fingerprint density at radius 1 is 1.00 bits per heavy atom. The summed E-state index contributed by atoms with van der Waals surface area (Å²) in [6.07, 6.45) is 0. The fourth-order valence-corrected chi connectivity index (χ4v) is 1.47. The Kier molecular flexibility index (Phi) is 4.75. The SMILES string of the molecule is Cc1ccc(NC(=O)c2ccc(N)cc2)cc1.Cl. The summed E-state index contributed by atoms with van der Waals surface area (Å²) in [6.45, 7) is 2.01. The highest BCUT2D eigenvalue weighted by Gasteiger charge is 2.04. The van der Waals surface area contributed by atoms with Crippen molar-refractivity contribution in [3.05, 3.63) is 59.7 Å². The highest BCUT2D eigenvalue weighted by Crippen LogP contribution is 2.11. The summed E-state index contributed by atoms with van der Waals surface area (Å²) in [7, 11) is 0. The minimum Gasteiger partial charge on any atom is -0.399 e. The summed E-state index contributed by atoms with van der Waals surface area (Å²) in [5, 5.41) is 2.83. The molecule has 0 saturated carbocycles. The van der Waals surface area contributed by atoms with Crippen LogP contribution in [0.3, 0.4) is 0 Å². The van der Waals surface area contributed by atoms with E-state index >= 15 is 0 Å². The molecule has 0 aliphatic rings. The molecule has 4 heteroatoms. The molecule has 0 radical (unpaired) electrons. The Balaban J connectivity index is 0.00000162. The van der Waals surface area contributed by atoms with Crippen molar-refractivity contribution in [1.82, 2.24) is 0 Å². The molecule has 0 fully saturated rings. The monoisotopic (exact) mass is 262 g/mol. The molecule has 0 aromatic heterocycles. The van der Waals surface area contributed by atoms with E-state index in [-0.39, 0.29) is 18.3 Å². The van der Waals surface area contributed by atoms with Gasteiger partial charge < -0.3 is 11.1 Å². The zero-order valence-corrected chi connectivity index (χ0v) is 10.8. The first-order valence-corrected chi connectivity index (χ1v) is 5.39. The largest absolute Gasteiger partial charge is 0.399 e. The van der Waals surface area contributed by atoms with Crippen LogP contribution in [-0.2, 0) is 0 Å². The number of aryl methyl sites for hydroxylation is 1. The highest BCUT2D eigenvalue weighted by atomic mass is 35.5. The van der Waals surface area contributed by atoms with Crippen LogP contribution < -0.4 is 11.1 Å². The fraction of sp³-hybridized carbons (Fsp3) is 0.0714. The lowest BCUT2D eigenvalue weighted by Gasteiger charge is -2.05. The van der Waals surface area contributed by atoms with Crippen LogP contribution >= 0.6 is 12.4 Å². The van der Waals surface area contributed by atoms with Gasteiger partial charge in [0.1, 0.15) is 0 Å². The maximum atomic E-state index is 11.9. The van der Waals surface area contributed by atoms with E-state index in [0.29, 0.717) is 11.3 Å². The van der Waals surface area contributed by atoms with Gasteiger partial charge in [-0.25, -0.2) is 0 Å². The van der Waals surface area contributed by atoms with Crippen LogP contribution in [0, 0.1) is 6.92 Å². The number of hydrogen-bond acceptors (Lipinski definition) is 2. The Morgan fingerprint density at radius 3 is 2.11 bits per heavy atom. The zero-order valence-electron chi connectivity index (χ0n) is 10.0. The standard InChI is InChI=1S/C14H14N2O.ClH/c1-10-2-8-13(9-3-10)16-14(17)11-4-6-12(15)7-5-11;/h2-9H,15H2,1H3,(H,16,17);1H. The van der Waals surface area contributed by atoms with Crippen LogP contribution in [0.4, 0.5) is 11.4 Å². The fourth-order valence-electron chi connectivity index (χ4n) is 1.47. The van der Waals surface area contributed by atoms with Crippen LogP contribution in [0.1, 0.15) is 15.9 Å². The summed E-state index contributed by atoms with van der Waals surface area (Å²) < 4.78 is 0. The van der Waals surface area contributed by atoms with E-state index in [0.717, 1.165) is 11.3 Å². The van der Waals surface area contributed by atoms with E-state index in [4.69, 9.17) is 5.73 Å². The number of anilines is 2. The van der Waals surface area contributed by atoms with Gasteiger partial charge in [-0.1, -0.05) is 17.7 Å². The predicted octanol–water partition coefficient (Wildman–Crippen LogP) is 3.25. The maximum absolute atomic E-state index is 11.9. The molecule has 2 aromatic carbocycles. The molecule has 18 heavy (non-hydrogen) atoms. The average molecular weight is 263 g/mol. The van der Waals surface area contributed by atoms with Crippen molar-refractivity contribution in [2.75, 3.05) is 11.1 Å². The number of carbonyl (C=O) groups excluding carboxylic acids is 1. The molecule has 0 aliphatic carbocycles. The number of nitrogen functional groups attached to an aromatic ring is 1. The van der Waals surface area contributed by atoms with Crippen molar-refractivity contribution < 1.29 is 4.79 Å². The summed E-state index contributed by atoms with van der Waals surface area (Å²) in [6, 6.07) is 14.5. The van der Waals surface area contributed by atoms with E-state index < -0.39 is 0 Å². The normalized spacial score (nSPS) is 9.39. The van der Waals surface area contributed by atoms with Gasteiger partial charge in [-0.2, -0.15) is 0 Å². The van der Waals surface area contributed by atoms with Crippen LogP contribution in [0.5, 0.6) is 0 Å². The zero-order chi connectivity index (χ0) is 12.3. The van der Waals surface area contributed by atoms with Gasteiger partial charge in [-0.15, -0.1) is 12.4 Å². The molecule has 0 aliphatic heterocycles. The number of halogens is 1. The molecule has 2 aromatic rings. The van der Waals surface area contributed by atoms with Crippen LogP contribution in [-0.4, -0.2) is 5.91 Å². The third-order valence-electron chi connectivity index (χ3n) is 2.48. The highest BCUT2D eigenvalue weighted by molar-refractivity contribution is 6.04. The maximum Gasteiger partial charge on any atom is 0.255 e. The topological polar surface area (TPSA) is 55.1 Å². The van der Waals surface area contributed by atoms with E-state index in [2.05, 4.69) is 5.32 Å². The van der Waals surface area contributed by atoms with E-state index in [1.54, 1.807) is 24.3 Å². The van der Waals surface area contributed by atoms with Crippen molar-refractivity contribution in [3.63, 3.8) is 0 Å². The number of rotatable bonds is 2. The minimum absolute atomic E-state index is 0. The van der Waals surface area contributed by atoms with Crippen molar-refractivity contribution in [1.29, 1.82) is 0 Å². The van der Waals surface area contributed by atoms with Crippen molar-refractivity contribution >= 4 is 29.7 Å². The molecule has 94 valence electrons. The molecular formula is C14H15ClN2O. The molecule has 0 unspecified atom stereocenters. The second-order valence-electron chi connectivity index (χ2n) is 3.94. The van der Waals surface area contributed by atoms with Gasteiger partial charge in [0.05, 0.1) is 0 Å². The minimum atomic E-state index is -0.131. The van der Waals surface area contributed by atoms with Gasteiger partial charge >= 0.3 is 0 Å². The third-order valence-corrected chi connectivity index (χ3v) is 2.48. The lowest BCUT2D eigenvalue weighted by Crippen LogP contribution is -2.11. The summed E-state index contributed by atoms with van der Waals surface area (Å²) in [4.78, 5) is 11.9. The molecule has 0 bridgehead atoms. The number of benzene rings is 2. The van der Waals surface area contributed by atoms with Crippen molar-refractivity contribution in [3.8, 4) is 0 Å². The summed E-state index contributed by atoms with van der Waals surface area (Å²) in [5.74, 6) is -0.131. The Morgan fingerprint density at radius 2 is 1.56 bits per heavy atom. The van der Waals surface area contributed by atoms with Crippen LogP contribution in [0.15, 0.2) is 48.5 Å². The number of hydrogen-bond donors (Lipinski definition) is 2. The Labute approximate surface area is 112 Å². The van der Waals surface area contributed by atoms with Crippen molar-refractivity contribution in [2.45, 2.75) is 6.92 Å². The Bertz CT molecular complexity index is 520. The van der Waals surface area contributed by atoms with E-state index in [1.807, 2.05) is 31.2 Å². The second kappa shape index (κ2) is 6.07. The van der Waals surface area contributed by atoms with Gasteiger partial charge in [0, 0.05) is 16.9 Å². The lowest BCUT2D eigenvalue weighted by atomic mass is 10.2. The molecule has 3 nitrogen and oxygen atoms in total. The van der Waals surface area contributed by atoms with E-state index in [9.17, 15) is 4.79 Å². The lowest BCUT2D eigenvalue weighted by molar-refractivity contribution is 0.102. The quantitative estimate of drug-likeness (QED) is 0.817. The second-order valence-corrected chi connectivity index (χ2v) is 3.94. The number of amides is 1. The molecule has 2 rings (SSSR count). The smallest absolute Gasteiger partial charge is 0.255 e. The molecule has 0 saturated heterocycles. The summed E-state index contributed by atoms with van der Waals surface area (Å²) in [5.41, 5.74) is 8.76. The van der Waals surface area contributed by atoms with Crippen LogP contribution in [0.2, 0.25) is 0 Å². The first-order valence-electron chi connectivity index (χ1n) is 5.39. The predicted molar refractivity (Wildman–Crippen MR) is 77.2 cm³/mol. The van der Waals surface area contributed by atoms with E-state index in [1.165, 1.54) is 0 Å². The Hall–Kier alpha value is -2.00. The summed E-state index contributed by atoms with van der Waals surface area (Å²) >= 11 is 0. The average Bonchev–Trinajstić information content (AvgIpc) is 2.33. The number of carbonyl (C=O) groups is 1. The van der Waals surface area contributed by atoms with Crippen LogP contribution in [0.25, 0.3) is 0 Å². The third kappa shape index (κ3) is 3.50.